The second-order valence-electron chi connectivity index (χ2n) is 6.42. The van der Waals surface area contributed by atoms with Crippen LogP contribution in [0.5, 0.6) is 0 Å². The number of likely N-dealkylation sites (tertiary alicyclic amines) is 1. The van der Waals surface area contributed by atoms with Gasteiger partial charge >= 0.3 is 0 Å². The summed E-state index contributed by atoms with van der Waals surface area (Å²) in [7, 11) is 2.02. The smallest absolute Gasteiger partial charge is 0.264 e. The molecule has 1 aliphatic carbocycles. The van der Waals surface area contributed by atoms with E-state index in [1.807, 2.05) is 25.1 Å². The molecule has 0 bridgehead atoms. The van der Waals surface area contributed by atoms with E-state index in [0.717, 1.165) is 48.6 Å². The second kappa shape index (κ2) is 5.23. The maximum atomic E-state index is 13.0. The Morgan fingerprint density at radius 2 is 2.23 bits per heavy atom. The Morgan fingerprint density at radius 1 is 1.36 bits per heavy atom. The van der Waals surface area contributed by atoms with Crippen LogP contribution in [0.25, 0.3) is 0 Å². The molecule has 2 aromatic heterocycles. The standard InChI is InChI=1S/C17H21N3OS/c1-11-10-19(2)16(18-11)13-6-4-8-20(13)17(21)15-9-12-5-3-7-14(12)22-15/h9-10,13H,3-8H2,1-2H3/t13-/m0/s1. The molecule has 5 heteroatoms. The zero-order valence-corrected chi connectivity index (χ0v) is 13.9. The lowest BCUT2D eigenvalue weighted by Gasteiger charge is -2.23. The van der Waals surface area contributed by atoms with Gasteiger partial charge in [0.1, 0.15) is 5.82 Å². The number of aromatic nitrogens is 2. The van der Waals surface area contributed by atoms with Crippen LogP contribution >= 0.6 is 11.3 Å². The largest absolute Gasteiger partial charge is 0.336 e. The van der Waals surface area contributed by atoms with Crippen LogP contribution in [-0.4, -0.2) is 26.9 Å². The van der Waals surface area contributed by atoms with Crippen molar-refractivity contribution in [1.82, 2.24) is 14.5 Å². The van der Waals surface area contributed by atoms with Crippen LogP contribution < -0.4 is 0 Å². The molecule has 1 amide bonds. The maximum absolute atomic E-state index is 13.0. The number of nitrogens with zero attached hydrogens (tertiary/aromatic N) is 3. The van der Waals surface area contributed by atoms with Crippen LogP contribution in [-0.2, 0) is 19.9 Å². The molecule has 0 unspecified atom stereocenters. The molecule has 2 aromatic rings. The second-order valence-corrected chi connectivity index (χ2v) is 7.56. The quantitative estimate of drug-likeness (QED) is 0.853. The van der Waals surface area contributed by atoms with E-state index in [1.54, 1.807) is 11.3 Å². The molecule has 1 saturated heterocycles. The molecule has 0 N–H and O–H groups in total. The highest BCUT2D eigenvalue weighted by atomic mass is 32.1. The first-order valence-electron chi connectivity index (χ1n) is 8.06. The third-order valence-corrected chi connectivity index (χ3v) is 6.03. The number of imidazole rings is 1. The predicted molar refractivity (Wildman–Crippen MR) is 87.3 cm³/mol. The molecule has 0 radical (unpaired) electrons. The van der Waals surface area contributed by atoms with Gasteiger partial charge in [0.25, 0.3) is 5.91 Å². The fourth-order valence-electron chi connectivity index (χ4n) is 3.80. The molecular formula is C17H21N3OS. The average molecular weight is 315 g/mol. The summed E-state index contributed by atoms with van der Waals surface area (Å²) in [6, 6.07) is 2.26. The van der Waals surface area contributed by atoms with E-state index in [1.165, 1.54) is 16.9 Å². The summed E-state index contributed by atoms with van der Waals surface area (Å²) in [5, 5.41) is 0. The Labute approximate surface area is 134 Å². The van der Waals surface area contributed by atoms with Gasteiger partial charge in [-0.05, 0) is 50.7 Å². The van der Waals surface area contributed by atoms with Gasteiger partial charge in [0, 0.05) is 24.7 Å². The zero-order chi connectivity index (χ0) is 15.3. The van der Waals surface area contributed by atoms with Crippen LogP contribution in [0.4, 0.5) is 0 Å². The van der Waals surface area contributed by atoms with Gasteiger partial charge in [-0.3, -0.25) is 4.79 Å². The first kappa shape index (κ1) is 14.0. The minimum atomic E-state index is 0.128. The molecule has 0 aromatic carbocycles. The van der Waals surface area contributed by atoms with E-state index >= 15 is 0 Å². The number of fused-ring (bicyclic) bond motifs is 1. The van der Waals surface area contributed by atoms with Crippen molar-refractivity contribution in [2.45, 2.75) is 45.1 Å². The number of thiophene rings is 1. The van der Waals surface area contributed by atoms with Crippen LogP contribution in [0.2, 0.25) is 0 Å². The Hall–Kier alpha value is -1.62. The first-order chi connectivity index (χ1) is 10.6. The lowest BCUT2D eigenvalue weighted by molar-refractivity contribution is 0.0733. The molecule has 1 fully saturated rings. The topological polar surface area (TPSA) is 38.1 Å². The number of carbonyl (C=O) groups is 1. The summed E-state index contributed by atoms with van der Waals surface area (Å²) in [4.78, 5) is 22.0. The normalized spacial score (nSPS) is 20.6. The number of aryl methyl sites for hydroxylation is 4. The van der Waals surface area contributed by atoms with Crippen LogP contribution in [0.15, 0.2) is 12.3 Å². The van der Waals surface area contributed by atoms with Crippen molar-refractivity contribution in [1.29, 1.82) is 0 Å². The molecule has 2 aliphatic rings. The first-order valence-corrected chi connectivity index (χ1v) is 8.87. The van der Waals surface area contributed by atoms with E-state index < -0.39 is 0 Å². The van der Waals surface area contributed by atoms with Crippen molar-refractivity contribution in [3.05, 3.63) is 39.1 Å². The van der Waals surface area contributed by atoms with E-state index in [4.69, 9.17) is 0 Å². The van der Waals surface area contributed by atoms with Gasteiger partial charge in [-0.15, -0.1) is 11.3 Å². The van der Waals surface area contributed by atoms with Gasteiger partial charge in [0.05, 0.1) is 16.6 Å². The van der Waals surface area contributed by atoms with Crippen LogP contribution in [0.3, 0.4) is 0 Å². The molecule has 22 heavy (non-hydrogen) atoms. The van der Waals surface area contributed by atoms with Crippen LogP contribution in [0, 0.1) is 6.92 Å². The van der Waals surface area contributed by atoms with Gasteiger partial charge < -0.3 is 9.47 Å². The van der Waals surface area contributed by atoms with Gasteiger partial charge in [-0.1, -0.05) is 0 Å². The Balaban J connectivity index is 1.62. The molecule has 1 aliphatic heterocycles. The van der Waals surface area contributed by atoms with E-state index in [0.29, 0.717) is 0 Å². The molecule has 1 atom stereocenters. The number of rotatable bonds is 2. The number of hydrogen-bond acceptors (Lipinski definition) is 3. The maximum Gasteiger partial charge on any atom is 0.264 e. The highest BCUT2D eigenvalue weighted by molar-refractivity contribution is 7.14. The van der Waals surface area contributed by atoms with Gasteiger partial charge in [0.15, 0.2) is 0 Å². The lowest BCUT2D eigenvalue weighted by atomic mass is 10.2. The van der Waals surface area contributed by atoms with Crippen LogP contribution in [0.1, 0.15) is 56.9 Å². The minimum absolute atomic E-state index is 0.128. The average Bonchev–Trinajstić information content (AvgIpc) is 3.19. The predicted octanol–water partition coefficient (Wildman–Crippen LogP) is 3.26. The Bertz CT molecular complexity index is 709. The Kier molecular flexibility index (Phi) is 3.33. The summed E-state index contributed by atoms with van der Waals surface area (Å²) < 4.78 is 2.07. The summed E-state index contributed by atoms with van der Waals surface area (Å²) in [6.45, 7) is 2.85. The summed E-state index contributed by atoms with van der Waals surface area (Å²) >= 11 is 1.71. The van der Waals surface area contributed by atoms with E-state index in [-0.39, 0.29) is 11.9 Å². The molecule has 116 valence electrons. The van der Waals surface area contributed by atoms with Crippen molar-refractivity contribution in [2.24, 2.45) is 7.05 Å². The van der Waals surface area contributed by atoms with Gasteiger partial charge in [-0.25, -0.2) is 4.98 Å². The molecular weight excluding hydrogens is 294 g/mol. The van der Waals surface area contributed by atoms with Gasteiger partial charge in [0.2, 0.25) is 0 Å². The zero-order valence-electron chi connectivity index (χ0n) is 13.1. The Morgan fingerprint density at radius 3 is 2.95 bits per heavy atom. The molecule has 0 saturated carbocycles. The summed E-state index contributed by atoms with van der Waals surface area (Å²) in [6.07, 6.45) is 7.65. The monoisotopic (exact) mass is 315 g/mol. The minimum Gasteiger partial charge on any atom is -0.336 e. The SMILES string of the molecule is Cc1cn(C)c([C@@H]2CCCN2C(=O)c2cc3c(s2)CCC3)n1. The number of hydrogen-bond donors (Lipinski definition) is 0. The van der Waals surface area contributed by atoms with Crippen molar-refractivity contribution < 1.29 is 4.79 Å². The molecule has 4 rings (SSSR count). The summed E-state index contributed by atoms with van der Waals surface area (Å²) in [5.74, 6) is 1.22. The number of carbonyl (C=O) groups excluding carboxylic acids is 1. The highest BCUT2D eigenvalue weighted by Crippen LogP contribution is 2.36. The highest BCUT2D eigenvalue weighted by Gasteiger charge is 2.34. The fourth-order valence-corrected chi connectivity index (χ4v) is 5.01. The van der Waals surface area contributed by atoms with E-state index in [9.17, 15) is 4.79 Å². The molecule has 0 spiro atoms. The third-order valence-electron chi connectivity index (χ3n) is 4.80. The number of amides is 1. The molecule has 4 nitrogen and oxygen atoms in total. The van der Waals surface area contributed by atoms with Crippen molar-refractivity contribution >= 4 is 17.2 Å². The molecule has 3 heterocycles. The van der Waals surface area contributed by atoms with Crippen molar-refractivity contribution in [3.63, 3.8) is 0 Å². The van der Waals surface area contributed by atoms with Crippen molar-refractivity contribution in [2.75, 3.05) is 6.54 Å². The fraction of sp³-hybridized carbons (Fsp3) is 0.529. The van der Waals surface area contributed by atoms with Gasteiger partial charge in [-0.2, -0.15) is 0 Å². The third kappa shape index (κ3) is 2.19. The lowest BCUT2D eigenvalue weighted by Crippen LogP contribution is -2.31. The summed E-state index contributed by atoms with van der Waals surface area (Å²) in [5.41, 5.74) is 2.42. The van der Waals surface area contributed by atoms with Crippen molar-refractivity contribution in [3.8, 4) is 0 Å². The van der Waals surface area contributed by atoms with E-state index in [2.05, 4.69) is 15.6 Å².